The van der Waals surface area contributed by atoms with Gasteiger partial charge in [0.25, 0.3) is 0 Å². The first-order chi connectivity index (χ1) is 7.74. The van der Waals surface area contributed by atoms with Crippen LogP contribution in [0.25, 0.3) is 0 Å². The second kappa shape index (κ2) is 11.5. The van der Waals surface area contributed by atoms with Crippen LogP contribution in [0.4, 0.5) is 0 Å². The molecule has 0 aliphatic heterocycles. The highest BCUT2D eigenvalue weighted by atomic mass is 14.2. The monoisotopic (exact) mass is 226 g/mol. The van der Waals surface area contributed by atoms with Crippen molar-refractivity contribution >= 4 is 0 Å². The third-order valence-electron chi connectivity index (χ3n) is 3.68. The van der Waals surface area contributed by atoms with E-state index in [2.05, 4.69) is 27.7 Å². The van der Waals surface area contributed by atoms with Gasteiger partial charge >= 0.3 is 0 Å². The molecule has 0 fully saturated rings. The molecule has 0 rings (SSSR count). The molecule has 0 amide bonds. The van der Waals surface area contributed by atoms with Crippen molar-refractivity contribution < 1.29 is 0 Å². The summed E-state index contributed by atoms with van der Waals surface area (Å²) in [6, 6.07) is 0. The maximum absolute atomic E-state index is 2.46. The Balaban J connectivity index is 3.59. The van der Waals surface area contributed by atoms with Crippen LogP contribution in [-0.4, -0.2) is 0 Å². The number of rotatable bonds is 11. The van der Waals surface area contributed by atoms with Gasteiger partial charge < -0.3 is 0 Å². The van der Waals surface area contributed by atoms with Crippen LogP contribution in [0.1, 0.15) is 91.9 Å². The number of unbranched alkanes of at least 4 members (excludes halogenated alkanes) is 3. The predicted molar refractivity (Wildman–Crippen MR) is 75.8 cm³/mol. The average molecular weight is 226 g/mol. The molecule has 1 atom stereocenters. The Kier molecular flexibility index (Phi) is 11.5. The second-order valence-corrected chi connectivity index (χ2v) is 5.63. The quantitative estimate of drug-likeness (QED) is 0.368. The van der Waals surface area contributed by atoms with Crippen LogP contribution in [-0.2, 0) is 0 Å². The van der Waals surface area contributed by atoms with Gasteiger partial charge in [-0.3, -0.25) is 0 Å². The molecule has 98 valence electrons. The van der Waals surface area contributed by atoms with Crippen molar-refractivity contribution in [3.05, 3.63) is 0 Å². The highest BCUT2D eigenvalue weighted by Gasteiger charge is 2.11. The molecular weight excluding hydrogens is 192 g/mol. The Labute approximate surface area is 104 Å². The maximum Gasteiger partial charge on any atom is -0.0412 e. The van der Waals surface area contributed by atoms with Gasteiger partial charge in [0, 0.05) is 0 Å². The average Bonchev–Trinajstić information content (AvgIpc) is 2.25. The fraction of sp³-hybridized carbons (Fsp3) is 1.00. The Morgan fingerprint density at radius 2 is 1.31 bits per heavy atom. The van der Waals surface area contributed by atoms with Crippen molar-refractivity contribution in [3.8, 4) is 0 Å². The Morgan fingerprint density at radius 1 is 0.688 bits per heavy atom. The normalized spacial score (nSPS) is 13.3. The lowest BCUT2D eigenvalue weighted by Crippen LogP contribution is -2.06. The molecule has 0 saturated heterocycles. The molecule has 0 spiro atoms. The van der Waals surface area contributed by atoms with Crippen molar-refractivity contribution in [1.29, 1.82) is 0 Å². The molecule has 0 heterocycles. The molecule has 0 heteroatoms. The van der Waals surface area contributed by atoms with Crippen LogP contribution in [0.15, 0.2) is 0 Å². The summed E-state index contributed by atoms with van der Waals surface area (Å²) in [6.45, 7) is 9.41. The van der Waals surface area contributed by atoms with Gasteiger partial charge in [0.15, 0.2) is 0 Å². The van der Waals surface area contributed by atoms with Crippen molar-refractivity contribution in [2.24, 2.45) is 11.8 Å². The van der Waals surface area contributed by atoms with Crippen molar-refractivity contribution in [2.75, 3.05) is 0 Å². The summed E-state index contributed by atoms with van der Waals surface area (Å²) in [4.78, 5) is 0. The molecule has 0 aromatic rings. The van der Waals surface area contributed by atoms with Gasteiger partial charge in [-0.25, -0.2) is 0 Å². The first-order valence-electron chi connectivity index (χ1n) is 7.74. The lowest BCUT2D eigenvalue weighted by Gasteiger charge is -2.20. The summed E-state index contributed by atoms with van der Waals surface area (Å²) in [5.41, 5.74) is 0. The Hall–Kier alpha value is 0. The summed E-state index contributed by atoms with van der Waals surface area (Å²) in [7, 11) is 0. The van der Waals surface area contributed by atoms with E-state index in [0.29, 0.717) is 0 Å². The van der Waals surface area contributed by atoms with Gasteiger partial charge in [-0.1, -0.05) is 85.5 Å². The molecule has 0 bridgehead atoms. The smallest absolute Gasteiger partial charge is 0.0412 e. The van der Waals surface area contributed by atoms with E-state index in [1.807, 2.05) is 0 Å². The van der Waals surface area contributed by atoms with Gasteiger partial charge in [0.1, 0.15) is 0 Å². The lowest BCUT2D eigenvalue weighted by atomic mass is 9.86. The third-order valence-corrected chi connectivity index (χ3v) is 3.68. The van der Waals surface area contributed by atoms with E-state index in [0.717, 1.165) is 11.8 Å². The zero-order valence-corrected chi connectivity index (χ0v) is 12.2. The van der Waals surface area contributed by atoms with Crippen molar-refractivity contribution in [1.82, 2.24) is 0 Å². The molecule has 1 unspecified atom stereocenters. The molecule has 0 saturated carbocycles. The van der Waals surface area contributed by atoms with Crippen LogP contribution >= 0.6 is 0 Å². The number of hydrogen-bond acceptors (Lipinski definition) is 0. The van der Waals surface area contributed by atoms with Crippen LogP contribution in [0.5, 0.6) is 0 Å². The summed E-state index contributed by atoms with van der Waals surface area (Å²) in [5, 5.41) is 0. The van der Waals surface area contributed by atoms with Crippen LogP contribution < -0.4 is 0 Å². The van der Waals surface area contributed by atoms with E-state index in [-0.39, 0.29) is 0 Å². The Morgan fingerprint density at radius 3 is 1.81 bits per heavy atom. The first-order valence-corrected chi connectivity index (χ1v) is 7.74. The van der Waals surface area contributed by atoms with E-state index in [4.69, 9.17) is 0 Å². The summed E-state index contributed by atoms with van der Waals surface area (Å²) >= 11 is 0. The highest BCUT2D eigenvalue weighted by molar-refractivity contribution is 4.63. The topological polar surface area (TPSA) is 0 Å². The van der Waals surface area contributed by atoms with Gasteiger partial charge in [0.2, 0.25) is 0 Å². The van der Waals surface area contributed by atoms with Gasteiger partial charge in [0.05, 0.1) is 0 Å². The van der Waals surface area contributed by atoms with E-state index < -0.39 is 0 Å². The fourth-order valence-corrected chi connectivity index (χ4v) is 2.80. The van der Waals surface area contributed by atoms with E-state index in [9.17, 15) is 0 Å². The third kappa shape index (κ3) is 9.24. The molecule has 0 aromatic heterocycles. The minimum absolute atomic E-state index is 0.958. The van der Waals surface area contributed by atoms with E-state index in [1.165, 1.54) is 64.2 Å². The second-order valence-electron chi connectivity index (χ2n) is 5.63. The molecule has 0 aliphatic carbocycles. The molecule has 0 nitrogen and oxygen atoms in total. The van der Waals surface area contributed by atoms with Crippen molar-refractivity contribution in [2.45, 2.75) is 91.9 Å². The van der Waals surface area contributed by atoms with E-state index in [1.54, 1.807) is 0 Å². The zero-order chi connectivity index (χ0) is 12.2. The van der Waals surface area contributed by atoms with Crippen LogP contribution in [0.3, 0.4) is 0 Å². The number of hydrogen-bond donors (Lipinski definition) is 0. The van der Waals surface area contributed by atoms with Crippen molar-refractivity contribution in [3.63, 3.8) is 0 Å². The molecule has 0 aromatic carbocycles. The van der Waals surface area contributed by atoms with Crippen LogP contribution in [0.2, 0.25) is 0 Å². The summed E-state index contributed by atoms with van der Waals surface area (Å²) in [6.07, 6.45) is 14.3. The summed E-state index contributed by atoms with van der Waals surface area (Å²) in [5.74, 6) is 1.97. The SMILES string of the molecule is CCCCCCC(C)CC(CCC)CCC. The molecular formula is C16H34. The maximum atomic E-state index is 2.46. The molecule has 16 heavy (non-hydrogen) atoms. The van der Waals surface area contributed by atoms with Gasteiger partial charge in [-0.2, -0.15) is 0 Å². The highest BCUT2D eigenvalue weighted by Crippen LogP contribution is 2.25. The first kappa shape index (κ1) is 16.0. The van der Waals surface area contributed by atoms with Gasteiger partial charge in [-0.05, 0) is 18.3 Å². The predicted octanol–water partition coefficient (Wildman–Crippen LogP) is 6.20. The standard InChI is InChI=1S/C16H34/c1-5-8-9-10-13-15(4)14-16(11-6-2)12-7-3/h15-16H,5-14H2,1-4H3. The summed E-state index contributed by atoms with van der Waals surface area (Å²) < 4.78 is 0. The lowest BCUT2D eigenvalue weighted by molar-refractivity contribution is 0.327. The van der Waals surface area contributed by atoms with Gasteiger partial charge in [-0.15, -0.1) is 0 Å². The Bertz CT molecular complexity index is 122. The molecule has 0 N–H and O–H groups in total. The minimum atomic E-state index is 0.958. The minimum Gasteiger partial charge on any atom is -0.0654 e. The largest absolute Gasteiger partial charge is 0.0654 e. The van der Waals surface area contributed by atoms with E-state index >= 15 is 0 Å². The van der Waals surface area contributed by atoms with Crippen LogP contribution in [0, 0.1) is 11.8 Å². The molecule has 0 radical (unpaired) electrons. The fourth-order valence-electron chi connectivity index (χ4n) is 2.80. The zero-order valence-electron chi connectivity index (χ0n) is 12.2. The molecule has 0 aliphatic rings.